The van der Waals surface area contributed by atoms with Gasteiger partial charge in [0, 0.05) is 28.9 Å². The molecule has 0 bridgehead atoms. The van der Waals surface area contributed by atoms with Crippen molar-refractivity contribution in [1.29, 1.82) is 0 Å². The van der Waals surface area contributed by atoms with Gasteiger partial charge in [0.1, 0.15) is 0 Å². The molecule has 3 heteroatoms. The average molecular weight is 252 g/mol. The summed E-state index contributed by atoms with van der Waals surface area (Å²) in [6.07, 6.45) is 5.51. The first kappa shape index (κ1) is 13.1. The summed E-state index contributed by atoms with van der Waals surface area (Å²) in [5, 5.41) is 0. The number of thiophene rings is 1. The summed E-state index contributed by atoms with van der Waals surface area (Å²) in [7, 11) is 0. The van der Waals surface area contributed by atoms with Crippen molar-refractivity contribution in [3.8, 4) is 0 Å². The molecule has 0 radical (unpaired) electrons. The summed E-state index contributed by atoms with van der Waals surface area (Å²) in [5.41, 5.74) is 7.20. The largest absolute Gasteiger partial charge is 0.326 e. The van der Waals surface area contributed by atoms with Gasteiger partial charge in [0.2, 0.25) is 0 Å². The van der Waals surface area contributed by atoms with Crippen LogP contribution >= 0.6 is 11.3 Å². The molecule has 0 amide bonds. The molecule has 1 fully saturated rings. The van der Waals surface area contributed by atoms with E-state index in [2.05, 4.69) is 24.8 Å². The fourth-order valence-corrected chi connectivity index (χ4v) is 3.57. The summed E-state index contributed by atoms with van der Waals surface area (Å²) >= 11 is 1.86. The second kappa shape index (κ2) is 5.98. The molecule has 2 nitrogen and oxygen atoms in total. The smallest absolute Gasteiger partial charge is 0.0274 e. The maximum atomic E-state index is 5.71. The summed E-state index contributed by atoms with van der Waals surface area (Å²) in [6, 6.07) is 3.04. The van der Waals surface area contributed by atoms with Crippen LogP contribution in [0.15, 0.2) is 6.07 Å². The van der Waals surface area contributed by atoms with Crippen molar-refractivity contribution < 1.29 is 0 Å². The quantitative estimate of drug-likeness (QED) is 0.894. The van der Waals surface area contributed by atoms with Gasteiger partial charge in [-0.3, -0.25) is 4.90 Å². The van der Waals surface area contributed by atoms with Crippen LogP contribution in [-0.2, 0) is 13.1 Å². The highest BCUT2D eigenvalue weighted by atomic mass is 32.1. The van der Waals surface area contributed by atoms with Crippen molar-refractivity contribution in [2.45, 2.75) is 58.7 Å². The Labute approximate surface area is 109 Å². The number of nitrogens with zero attached hydrogens (tertiary/aromatic N) is 1. The van der Waals surface area contributed by atoms with Crippen molar-refractivity contribution in [3.05, 3.63) is 21.4 Å². The van der Waals surface area contributed by atoms with E-state index in [0.29, 0.717) is 6.54 Å². The topological polar surface area (TPSA) is 29.3 Å². The molecule has 0 aliphatic carbocycles. The van der Waals surface area contributed by atoms with Crippen molar-refractivity contribution >= 4 is 11.3 Å². The number of likely N-dealkylation sites (tertiary alicyclic amines) is 1. The summed E-state index contributed by atoms with van der Waals surface area (Å²) < 4.78 is 0. The molecule has 1 unspecified atom stereocenters. The number of aryl methyl sites for hydroxylation is 1. The molecule has 1 atom stereocenters. The summed E-state index contributed by atoms with van der Waals surface area (Å²) in [4.78, 5) is 5.41. The molecule has 1 aromatic heterocycles. The van der Waals surface area contributed by atoms with Gasteiger partial charge < -0.3 is 5.73 Å². The molecule has 2 N–H and O–H groups in total. The van der Waals surface area contributed by atoms with E-state index in [-0.39, 0.29) is 0 Å². The van der Waals surface area contributed by atoms with Crippen molar-refractivity contribution in [2.24, 2.45) is 5.73 Å². The van der Waals surface area contributed by atoms with Gasteiger partial charge >= 0.3 is 0 Å². The van der Waals surface area contributed by atoms with Crippen LogP contribution in [0.5, 0.6) is 0 Å². The molecule has 0 spiro atoms. The zero-order chi connectivity index (χ0) is 12.3. The van der Waals surface area contributed by atoms with Gasteiger partial charge in [-0.1, -0.05) is 12.8 Å². The third-order valence-electron chi connectivity index (χ3n) is 3.84. The molecule has 1 aromatic rings. The van der Waals surface area contributed by atoms with Gasteiger partial charge in [0.25, 0.3) is 0 Å². The molecule has 2 heterocycles. The highest BCUT2D eigenvalue weighted by molar-refractivity contribution is 7.12. The molecule has 0 saturated carbocycles. The first-order valence-corrected chi connectivity index (χ1v) is 7.54. The monoisotopic (exact) mass is 252 g/mol. The first-order chi connectivity index (χ1) is 8.20. The lowest BCUT2D eigenvalue weighted by Gasteiger charge is -2.26. The van der Waals surface area contributed by atoms with E-state index in [9.17, 15) is 0 Å². The third kappa shape index (κ3) is 3.30. The Bertz CT molecular complexity index is 359. The molecule has 96 valence electrons. The second-order valence-corrected chi connectivity index (χ2v) is 6.51. The second-order valence-electron chi connectivity index (χ2n) is 5.17. The van der Waals surface area contributed by atoms with Gasteiger partial charge in [0.15, 0.2) is 0 Å². The Morgan fingerprint density at radius 2 is 2.24 bits per heavy atom. The van der Waals surface area contributed by atoms with Crippen molar-refractivity contribution in [1.82, 2.24) is 4.90 Å². The van der Waals surface area contributed by atoms with Crippen LogP contribution in [0.1, 0.15) is 47.9 Å². The average Bonchev–Trinajstić information content (AvgIpc) is 2.54. The van der Waals surface area contributed by atoms with E-state index in [1.54, 1.807) is 0 Å². The SMILES string of the molecule is Cc1sc(CN)cc1CN1CCCCCC1C. The fraction of sp³-hybridized carbons (Fsp3) is 0.714. The van der Waals surface area contributed by atoms with Crippen LogP contribution in [0.2, 0.25) is 0 Å². The molecule has 2 rings (SSSR count). The maximum absolute atomic E-state index is 5.71. The molecule has 1 aliphatic rings. The van der Waals surface area contributed by atoms with Crippen LogP contribution in [0, 0.1) is 6.92 Å². The van der Waals surface area contributed by atoms with Gasteiger partial charge in [-0.05, 0) is 44.9 Å². The van der Waals surface area contributed by atoms with Crippen molar-refractivity contribution in [2.75, 3.05) is 6.54 Å². The fourth-order valence-electron chi connectivity index (χ4n) is 2.63. The lowest BCUT2D eigenvalue weighted by Crippen LogP contribution is -2.31. The zero-order valence-electron chi connectivity index (χ0n) is 11.0. The molecule has 1 saturated heterocycles. The van der Waals surface area contributed by atoms with E-state index >= 15 is 0 Å². The van der Waals surface area contributed by atoms with E-state index in [1.807, 2.05) is 11.3 Å². The third-order valence-corrected chi connectivity index (χ3v) is 4.95. The van der Waals surface area contributed by atoms with Gasteiger partial charge in [0.05, 0.1) is 0 Å². The lowest BCUT2D eigenvalue weighted by atomic mass is 10.1. The molecular weight excluding hydrogens is 228 g/mol. The van der Waals surface area contributed by atoms with E-state index in [1.165, 1.54) is 47.5 Å². The van der Waals surface area contributed by atoms with Crippen LogP contribution in [0.25, 0.3) is 0 Å². The predicted molar refractivity (Wildman–Crippen MR) is 75.3 cm³/mol. The highest BCUT2D eigenvalue weighted by Crippen LogP contribution is 2.25. The Balaban J connectivity index is 2.05. The minimum atomic E-state index is 0.682. The Kier molecular flexibility index (Phi) is 4.60. The zero-order valence-corrected chi connectivity index (χ0v) is 11.9. The van der Waals surface area contributed by atoms with Crippen LogP contribution in [0.3, 0.4) is 0 Å². The number of rotatable bonds is 3. The summed E-state index contributed by atoms with van der Waals surface area (Å²) in [5.74, 6) is 0. The number of hydrogen-bond acceptors (Lipinski definition) is 3. The number of hydrogen-bond donors (Lipinski definition) is 1. The standard InChI is InChI=1S/C14H24N2S/c1-11-6-4-3-5-7-16(11)10-13-8-14(9-15)17-12(13)2/h8,11H,3-7,9-10,15H2,1-2H3. The minimum Gasteiger partial charge on any atom is -0.326 e. The van der Waals surface area contributed by atoms with Crippen LogP contribution < -0.4 is 5.73 Å². The van der Waals surface area contributed by atoms with E-state index in [0.717, 1.165) is 12.6 Å². The normalized spacial score (nSPS) is 22.6. The summed E-state index contributed by atoms with van der Waals surface area (Å²) in [6.45, 7) is 7.65. The number of nitrogens with two attached hydrogens (primary N) is 1. The molecular formula is C14H24N2S. The van der Waals surface area contributed by atoms with E-state index < -0.39 is 0 Å². The van der Waals surface area contributed by atoms with Crippen LogP contribution in [-0.4, -0.2) is 17.5 Å². The van der Waals surface area contributed by atoms with E-state index in [4.69, 9.17) is 5.73 Å². The first-order valence-electron chi connectivity index (χ1n) is 6.73. The van der Waals surface area contributed by atoms with Gasteiger partial charge in [-0.25, -0.2) is 0 Å². The molecule has 0 aromatic carbocycles. The van der Waals surface area contributed by atoms with Gasteiger partial charge in [-0.15, -0.1) is 11.3 Å². The molecule has 1 aliphatic heterocycles. The Morgan fingerprint density at radius 1 is 1.41 bits per heavy atom. The highest BCUT2D eigenvalue weighted by Gasteiger charge is 2.18. The Morgan fingerprint density at radius 3 is 2.94 bits per heavy atom. The van der Waals surface area contributed by atoms with Gasteiger partial charge in [-0.2, -0.15) is 0 Å². The van der Waals surface area contributed by atoms with Crippen LogP contribution in [0.4, 0.5) is 0 Å². The Hall–Kier alpha value is -0.380. The maximum Gasteiger partial charge on any atom is 0.0274 e. The lowest BCUT2D eigenvalue weighted by molar-refractivity contribution is 0.205. The minimum absolute atomic E-state index is 0.682. The van der Waals surface area contributed by atoms with Crippen molar-refractivity contribution in [3.63, 3.8) is 0 Å². The molecule has 17 heavy (non-hydrogen) atoms. The predicted octanol–water partition coefficient (Wildman–Crippen LogP) is 3.28.